The number of allylic oxidation sites excluding steroid dienone is 8. The molecule has 0 aliphatic heterocycles. The predicted octanol–water partition coefficient (Wildman–Crippen LogP) is 4.81. The molecule has 0 N–H and O–H groups in total. The van der Waals surface area contributed by atoms with E-state index >= 15 is 0 Å². The summed E-state index contributed by atoms with van der Waals surface area (Å²) in [4.78, 5) is 0. The molecule has 1 heteroatoms. The molecule has 0 aliphatic carbocycles. The van der Waals surface area contributed by atoms with Crippen molar-refractivity contribution in [1.82, 2.24) is 0 Å². The fourth-order valence-electron chi connectivity index (χ4n) is 1.06. The molecule has 0 aromatic rings. The van der Waals surface area contributed by atoms with Crippen LogP contribution in [0.15, 0.2) is 43.8 Å². The molecule has 0 heterocycles. The van der Waals surface area contributed by atoms with Crippen molar-refractivity contribution in [1.29, 1.82) is 0 Å². The van der Waals surface area contributed by atoms with Gasteiger partial charge >= 0.3 is 102 Å². The summed E-state index contributed by atoms with van der Waals surface area (Å²) < 4.78 is 3.09. The van der Waals surface area contributed by atoms with Crippen molar-refractivity contribution in [3.63, 3.8) is 0 Å². The van der Waals surface area contributed by atoms with Gasteiger partial charge in [-0.25, -0.2) is 0 Å². The molecule has 0 amide bonds. The van der Waals surface area contributed by atoms with Crippen LogP contribution in [0.4, 0.5) is 0 Å². The van der Waals surface area contributed by atoms with Gasteiger partial charge in [0.05, 0.1) is 0 Å². The zero-order valence-corrected chi connectivity index (χ0v) is 12.4. The van der Waals surface area contributed by atoms with Crippen molar-refractivity contribution < 1.29 is 17.1 Å². The first-order chi connectivity index (χ1) is 7.02. The van der Waals surface area contributed by atoms with Gasteiger partial charge in [-0.3, -0.25) is 0 Å². The van der Waals surface area contributed by atoms with E-state index in [2.05, 4.69) is 65.8 Å². The third kappa shape index (κ3) is 5.89. The van der Waals surface area contributed by atoms with Crippen molar-refractivity contribution in [3.8, 4) is 0 Å². The Morgan fingerprint density at radius 1 is 0.733 bits per heavy atom. The van der Waals surface area contributed by atoms with Gasteiger partial charge in [0, 0.05) is 0 Å². The average molecular weight is 291 g/mol. The summed E-state index contributed by atoms with van der Waals surface area (Å²) in [5.74, 6) is 0. The third-order valence-electron chi connectivity index (χ3n) is 2.17. The van der Waals surface area contributed by atoms with Crippen molar-refractivity contribution in [2.24, 2.45) is 0 Å². The van der Waals surface area contributed by atoms with Crippen molar-refractivity contribution in [2.45, 2.75) is 41.5 Å². The zero-order valence-electron chi connectivity index (χ0n) is 10.7. The summed E-state index contributed by atoms with van der Waals surface area (Å²) in [6.45, 7) is 13.0. The third-order valence-corrected chi connectivity index (χ3v) is 4.84. The van der Waals surface area contributed by atoms with Crippen molar-refractivity contribution >= 4 is 0 Å². The van der Waals surface area contributed by atoms with Crippen LogP contribution in [0, 0.1) is 0 Å². The minimum absolute atomic E-state index is 0.237. The van der Waals surface area contributed by atoms with Crippen LogP contribution in [0.1, 0.15) is 41.5 Å². The van der Waals surface area contributed by atoms with Crippen LogP contribution in [0.5, 0.6) is 0 Å². The molecule has 0 aliphatic rings. The van der Waals surface area contributed by atoms with E-state index in [4.69, 9.17) is 0 Å². The monoisotopic (exact) mass is 292 g/mol. The maximum absolute atomic E-state index is 2.25. The van der Waals surface area contributed by atoms with Gasteiger partial charge < -0.3 is 0 Å². The van der Waals surface area contributed by atoms with Gasteiger partial charge in [-0.2, -0.15) is 0 Å². The van der Waals surface area contributed by atoms with Gasteiger partial charge in [0.2, 0.25) is 0 Å². The first-order valence-corrected chi connectivity index (χ1v) is 6.99. The van der Waals surface area contributed by atoms with Crippen molar-refractivity contribution in [3.05, 3.63) is 43.8 Å². The van der Waals surface area contributed by atoms with Crippen molar-refractivity contribution in [2.75, 3.05) is 0 Å². The summed E-state index contributed by atoms with van der Waals surface area (Å²) >= 11 is 0.237. The molecule has 0 aromatic carbocycles. The van der Waals surface area contributed by atoms with Gasteiger partial charge in [-0.05, 0) is 0 Å². The number of hydrogen-bond acceptors (Lipinski definition) is 0. The second-order valence-corrected chi connectivity index (χ2v) is 6.53. The van der Waals surface area contributed by atoms with E-state index in [-0.39, 0.29) is 17.1 Å². The van der Waals surface area contributed by atoms with Gasteiger partial charge in [0.1, 0.15) is 0 Å². The van der Waals surface area contributed by atoms with Crippen LogP contribution < -0.4 is 0 Å². The molecule has 0 spiro atoms. The molecule has 0 unspecified atom stereocenters. The number of hydrogen-bond donors (Lipinski definition) is 0. The summed E-state index contributed by atoms with van der Waals surface area (Å²) in [5, 5.41) is 0. The molecule has 0 saturated carbocycles. The quantitative estimate of drug-likeness (QED) is 0.515. The van der Waals surface area contributed by atoms with E-state index in [9.17, 15) is 0 Å². The van der Waals surface area contributed by atoms with E-state index in [0.717, 1.165) is 0 Å². The zero-order chi connectivity index (χ0) is 11.8. The fraction of sp³-hybridized carbons (Fsp3) is 0.429. The first-order valence-electron chi connectivity index (χ1n) is 5.25. The Kier molecular flexibility index (Phi) is 7.60. The number of rotatable bonds is 4. The second kappa shape index (κ2) is 7.82. The van der Waals surface area contributed by atoms with E-state index < -0.39 is 0 Å². The molecule has 0 fully saturated rings. The molecule has 0 aromatic heterocycles. The Morgan fingerprint density at radius 3 is 1.33 bits per heavy atom. The molecule has 86 valence electrons. The van der Waals surface area contributed by atoms with E-state index in [1.54, 1.807) is 8.33 Å². The summed E-state index contributed by atoms with van der Waals surface area (Å²) in [6.07, 6.45) is 8.61. The predicted molar refractivity (Wildman–Crippen MR) is 66.4 cm³/mol. The average Bonchev–Trinajstić information content (AvgIpc) is 2.18. The van der Waals surface area contributed by atoms with Crippen LogP contribution in [-0.2, 0) is 17.1 Å². The fourth-order valence-corrected chi connectivity index (χ4v) is 3.02. The molecule has 0 nitrogen and oxygen atoms in total. The van der Waals surface area contributed by atoms with Gasteiger partial charge in [0.25, 0.3) is 0 Å². The van der Waals surface area contributed by atoms with E-state index in [1.165, 1.54) is 11.1 Å². The topological polar surface area (TPSA) is 0 Å². The second-order valence-electron chi connectivity index (χ2n) is 3.48. The summed E-state index contributed by atoms with van der Waals surface area (Å²) in [5.41, 5.74) is 2.84. The standard InChI is InChI=1S/2C7H11.Ru/c2*1-4-6-7(3)5-2;/h2*4,6H,1-3H3;. The Hall–Kier alpha value is -0.417. The Bertz CT molecular complexity index is 282. The Labute approximate surface area is 102 Å². The Balaban J connectivity index is 4.75. The molecule has 0 rings (SSSR count). The first kappa shape index (κ1) is 14.6. The molecule has 0 saturated heterocycles. The van der Waals surface area contributed by atoms with Crippen LogP contribution in [0.2, 0.25) is 0 Å². The summed E-state index contributed by atoms with van der Waals surface area (Å²) in [7, 11) is 0. The Morgan fingerprint density at radius 2 is 1.07 bits per heavy atom. The normalized spacial score (nSPS) is 16.1. The van der Waals surface area contributed by atoms with Gasteiger partial charge in [-0.15, -0.1) is 0 Å². The van der Waals surface area contributed by atoms with Crippen LogP contribution in [-0.4, -0.2) is 0 Å². The maximum atomic E-state index is 2.25. The molecule has 0 bridgehead atoms. The summed E-state index contributed by atoms with van der Waals surface area (Å²) in [6, 6.07) is 0. The molecular formula is C14H22Ru. The SMILES string of the molecule is CC=CC(C)=[C](C)[Ru][C](C)=C(C)C=CC. The van der Waals surface area contributed by atoms with Crippen LogP contribution in [0.25, 0.3) is 0 Å². The molecule has 0 radical (unpaired) electrons. The molecular weight excluding hydrogens is 269 g/mol. The molecule has 0 atom stereocenters. The molecule has 15 heavy (non-hydrogen) atoms. The van der Waals surface area contributed by atoms with Gasteiger partial charge in [0.15, 0.2) is 0 Å². The van der Waals surface area contributed by atoms with Crippen LogP contribution in [0.3, 0.4) is 0 Å². The van der Waals surface area contributed by atoms with E-state index in [1.807, 2.05) is 0 Å². The van der Waals surface area contributed by atoms with Crippen LogP contribution >= 0.6 is 0 Å². The minimum atomic E-state index is 0.237. The van der Waals surface area contributed by atoms with Gasteiger partial charge in [-0.1, -0.05) is 0 Å². The van der Waals surface area contributed by atoms with E-state index in [0.29, 0.717) is 0 Å².